The Kier molecular flexibility index (Phi) is 4.02. The SMILES string of the molecule is C=C(Nc1nc(C)c(Br)c(C)c1C)c1cc2cc(C)ccc2[nH]1. The molecular formula is C19H20BrN3. The largest absolute Gasteiger partial charge is 0.353 e. The summed E-state index contributed by atoms with van der Waals surface area (Å²) in [5, 5.41) is 4.54. The molecule has 0 saturated carbocycles. The third kappa shape index (κ3) is 2.91. The Labute approximate surface area is 145 Å². The minimum Gasteiger partial charge on any atom is -0.353 e. The first kappa shape index (κ1) is 15.8. The van der Waals surface area contributed by atoms with Crippen molar-refractivity contribution in [3.63, 3.8) is 0 Å². The summed E-state index contributed by atoms with van der Waals surface area (Å²) in [7, 11) is 0. The van der Waals surface area contributed by atoms with E-state index < -0.39 is 0 Å². The van der Waals surface area contributed by atoms with E-state index in [1.54, 1.807) is 0 Å². The number of pyridine rings is 1. The van der Waals surface area contributed by atoms with Crippen LogP contribution in [0, 0.1) is 27.7 Å². The number of hydrogen-bond donors (Lipinski definition) is 2. The van der Waals surface area contributed by atoms with Crippen LogP contribution in [0.2, 0.25) is 0 Å². The van der Waals surface area contributed by atoms with E-state index in [1.165, 1.54) is 16.5 Å². The van der Waals surface area contributed by atoms with Crippen molar-refractivity contribution in [3.8, 4) is 0 Å². The van der Waals surface area contributed by atoms with Crippen molar-refractivity contribution in [1.82, 2.24) is 9.97 Å². The van der Waals surface area contributed by atoms with Crippen LogP contribution in [0.25, 0.3) is 16.6 Å². The summed E-state index contributed by atoms with van der Waals surface area (Å²) >= 11 is 3.59. The first-order valence-corrected chi connectivity index (χ1v) is 8.35. The van der Waals surface area contributed by atoms with E-state index in [1.807, 2.05) is 6.92 Å². The molecule has 0 radical (unpaired) electrons. The average Bonchev–Trinajstić information content (AvgIpc) is 2.93. The molecule has 3 nitrogen and oxygen atoms in total. The monoisotopic (exact) mass is 369 g/mol. The van der Waals surface area contributed by atoms with Gasteiger partial charge in [-0.05, 0) is 73.0 Å². The van der Waals surface area contributed by atoms with Crippen molar-refractivity contribution in [1.29, 1.82) is 0 Å². The standard InChI is InChI=1S/C19H20BrN3/c1-10-6-7-16-15(8-10)9-17(23-16)13(4)21-19-12(3)11(2)18(20)14(5)22-19/h6-9,23H,4H2,1-3,5H3,(H,21,22). The van der Waals surface area contributed by atoms with Crippen LogP contribution in [0.4, 0.5) is 5.82 Å². The van der Waals surface area contributed by atoms with E-state index in [4.69, 9.17) is 0 Å². The van der Waals surface area contributed by atoms with Crippen LogP contribution in [0.3, 0.4) is 0 Å². The predicted molar refractivity (Wildman–Crippen MR) is 102 cm³/mol. The number of anilines is 1. The van der Waals surface area contributed by atoms with Crippen LogP contribution in [0.15, 0.2) is 35.3 Å². The molecule has 118 valence electrons. The lowest BCUT2D eigenvalue weighted by Crippen LogP contribution is -2.05. The van der Waals surface area contributed by atoms with Crippen LogP contribution in [-0.4, -0.2) is 9.97 Å². The molecular weight excluding hydrogens is 350 g/mol. The molecule has 4 heteroatoms. The molecule has 3 rings (SSSR count). The smallest absolute Gasteiger partial charge is 0.133 e. The molecule has 0 aliphatic carbocycles. The second-order valence-electron chi connectivity index (χ2n) is 5.99. The molecule has 0 atom stereocenters. The van der Waals surface area contributed by atoms with E-state index in [9.17, 15) is 0 Å². The number of aryl methyl sites for hydroxylation is 2. The number of rotatable bonds is 3. The summed E-state index contributed by atoms with van der Waals surface area (Å²) in [6.07, 6.45) is 0. The minimum atomic E-state index is 0.815. The van der Waals surface area contributed by atoms with E-state index in [0.29, 0.717) is 0 Å². The zero-order valence-electron chi connectivity index (χ0n) is 13.8. The summed E-state index contributed by atoms with van der Waals surface area (Å²) in [6, 6.07) is 8.48. The minimum absolute atomic E-state index is 0.815. The van der Waals surface area contributed by atoms with Gasteiger partial charge in [-0.2, -0.15) is 0 Å². The fourth-order valence-electron chi connectivity index (χ4n) is 2.66. The maximum absolute atomic E-state index is 4.63. The highest BCUT2D eigenvalue weighted by Gasteiger charge is 2.12. The number of aromatic nitrogens is 2. The molecule has 0 fully saturated rings. The second-order valence-corrected chi connectivity index (χ2v) is 6.78. The first-order chi connectivity index (χ1) is 10.9. The van der Waals surface area contributed by atoms with E-state index in [-0.39, 0.29) is 0 Å². The molecule has 0 aliphatic heterocycles. The Bertz CT molecular complexity index is 922. The van der Waals surface area contributed by atoms with Crippen molar-refractivity contribution in [2.24, 2.45) is 0 Å². The van der Waals surface area contributed by atoms with Gasteiger partial charge in [-0.25, -0.2) is 4.98 Å². The molecule has 1 aromatic carbocycles. The summed E-state index contributed by atoms with van der Waals surface area (Å²) in [6.45, 7) is 12.4. The molecule has 0 bridgehead atoms. The van der Waals surface area contributed by atoms with Gasteiger partial charge in [0.15, 0.2) is 0 Å². The highest BCUT2D eigenvalue weighted by Crippen LogP contribution is 2.29. The van der Waals surface area contributed by atoms with Crippen LogP contribution in [0.1, 0.15) is 28.1 Å². The van der Waals surface area contributed by atoms with Crippen molar-refractivity contribution in [3.05, 3.63) is 63.4 Å². The summed E-state index contributed by atoms with van der Waals surface area (Å²) in [5.41, 5.74) is 7.44. The van der Waals surface area contributed by atoms with Crippen LogP contribution in [-0.2, 0) is 0 Å². The number of nitrogens with zero attached hydrogens (tertiary/aromatic N) is 1. The van der Waals surface area contributed by atoms with Gasteiger partial charge in [0.25, 0.3) is 0 Å². The molecule has 0 amide bonds. The Morgan fingerprint density at radius 1 is 1.13 bits per heavy atom. The number of aromatic amines is 1. The van der Waals surface area contributed by atoms with Gasteiger partial charge in [0, 0.05) is 15.4 Å². The summed E-state index contributed by atoms with van der Waals surface area (Å²) in [5.74, 6) is 0.850. The molecule has 3 aromatic rings. The van der Waals surface area contributed by atoms with E-state index in [0.717, 1.165) is 38.5 Å². The van der Waals surface area contributed by atoms with Gasteiger partial charge >= 0.3 is 0 Å². The zero-order valence-corrected chi connectivity index (χ0v) is 15.4. The lowest BCUT2D eigenvalue weighted by Gasteiger charge is -2.14. The quantitative estimate of drug-likeness (QED) is 0.626. The Balaban J connectivity index is 1.95. The van der Waals surface area contributed by atoms with Crippen molar-refractivity contribution in [2.45, 2.75) is 27.7 Å². The zero-order chi connectivity index (χ0) is 16.7. The Morgan fingerprint density at radius 3 is 2.61 bits per heavy atom. The molecule has 2 aromatic heterocycles. The topological polar surface area (TPSA) is 40.7 Å². The lowest BCUT2D eigenvalue weighted by molar-refractivity contribution is 1.12. The maximum Gasteiger partial charge on any atom is 0.133 e. The fraction of sp³-hybridized carbons (Fsp3) is 0.211. The van der Waals surface area contributed by atoms with Crippen molar-refractivity contribution < 1.29 is 0 Å². The van der Waals surface area contributed by atoms with Gasteiger partial charge in [0.2, 0.25) is 0 Å². The Hall–Kier alpha value is -2.07. The average molecular weight is 370 g/mol. The molecule has 0 spiro atoms. The molecule has 0 saturated heterocycles. The van der Waals surface area contributed by atoms with Gasteiger partial charge in [0.05, 0.1) is 17.1 Å². The third-order valence-electron chi connectivity index (χ3n) is 4.21. The number of fused-ring (bicyclic) bond motifs is 1. The molecule has 0 unspecified atom stereocenters. The van der Waals surface area contributed by atoms with Gasteiger partial charge in [0.1, 0.15) is 5.82 Å². The van der Waals surface area contributed by atoms with Crippen LogP contribution in [0.5, 0.6) is 0 Å². The number of nitrogens with one attached hydrogen (secondary N) is 2. The van der Waals surface area contributed by atoms with Crippen LogP contribution < -0.4 is 5.32 Å². The molecule has 2 N–H and O–H groups in total. The van der Waals surface area contributed by atoms with Gasteiger partial charge in [-0.3, -0.25) is 0 Å². The number of H-pyrrole nitrogens is 1. The van der Waals surface area contributed by atoms with Gasteiger partial charge < -0.3 is 10.3 Å². The molecule has 2 heterocycles. The van der Waals surface area contributed by atoms with Crippen molar-refractivity contribution >= 4 is 38.3 Å². The normalized spacial score (nSPS) is 11.0. The number of halogens is 1. The summed E-state index contributed by atoms with van der Waals surface area (Å²) in [4.78, 5) is 8.04. The first-order valence-electron chi connectivity index (χ1n) is 7.56. The highest BCUT2D eigenvalue weighted by atomic mass is 79.9. The predicted octanol–water partition coefficient (Wildman–Crippen LogP) is 5.64. The van der Waals surface area contributed by atoms with Crippen molar-refractivity contribution in [2.75, 3.05) is 5.32 Å². The molecule has 0 aliphatic rings. The van der Waals surface area contributed by atoms with Gasteiger partial charge in [-0.15, -0.1) is 0 Å². The highest BCUT2D eigenvalue weighted by molar-refractivity contribution is 9.10. The number of hydrogen-bond acceptors (Lipinski definition) is 2. The van der Waals surface area contributed by atoms with Gasteiger partial charge in [-0.1, -0.05) is 18.2 Å². The van der Waals surface area contributed by atoms with E-state index in [2.05, 4.69) is 82.8 Å². The maximum atomic E-state index is 4.63. The second kappa shape index (κ2) is 5.85. The lowest BCUT2D eigenvalue weighted by atomic mass is 10.1. The summed E-state index contributed by atoms with van der Waals surface area (Å²) < 4.78 is 1.06. The van der Waals surface area contributed by atoms with Crippen LogP contribution >= 0.6 is 15.9 Å². The Morgan fingerprint density at radius 2 is 1.87 bits per heavy atom. The third-order valence-corrected chi connectivity index (χ3v) is 5.38. The van der Waals surface area contributed by atoms with E-state index >= 15 is 0 Å². The molecule has 23 heavy (non-hydrogen) atoms. The number of benzene rings is 1. The fourth-order valence-corrected chi connectivity index (χ4v) is 3.05.